The topological polar surface area (TPSA) is 42.3 Å². The molecule has 1 aliphatic heterocycles. The molecule has 3 aromatic carbocycles. The number of ether oxygens (including phenoxy) is 1. The number of aromatic nitrogens is 2. The van der Waals surface area contributed by atoms with E-state index in [0.717, 1.165) is 34.3 Å². The fourth-order valence-electron chi connectivity index (χ4n) is 4.73. The lowest BCUT2D eigenvalue weighted by molar-refractivity contribution is 0.482. The van der Waals surface area contributed by atoms with E-state index in [0.29, 0.717) is 10.1 Å². The van der Waals surface area contributed by atoms with Gasteiger partial charge in [0.05, 0.1) is 11.7 Å². The van der Waals surface area contributed by atoms with E-state index in [1.54, 1.807) is 0 Å². The third-order valence-corrected chi connectivity index (χ3v) is 6.91. The van der Waals surface area contributed by atoms with Gasteiger partial charge in [-0.05, 0) is 91.1 Å². The van der Waals surface area contributed by atoms with Crippen molar-refractivity contribution in [2.45, 2.75) is 12.1 Å². The largest absolute Gasteiger partial charge is 0.457 e. The summed E-state index contributed by atoms with van der Waals surface area (Å²) in [5.74, 6) is 1.55. The zero-order valence-corrected chi connectivity index (χ0v) is 21.3. The number of hydrogen-bond donors (Lipinski definition) is 1. The molecule has 2 aromatic heterocycles. The number of pyridine rings is 1. The number of benzene rings is 3. The third kappa shape index (κ3) is 4.69. The van der Waals surface area contributed by atoms with Crippen LogP contribution in [0.15, 0.2) is 122 Å². The highest BCUT2D eigenvalue weighted by Crippen LogP contribution is 2.42. The van der Waals surface area contributed by atoms with Crippen LogP contribution < -0.4 is 15.0 Å². The molecule has 0 spiro atoms. The minimum Gasteiger partial charge on any atom is -0.457 e. The summed E-state index contributed by atoms with van der Waals surface area (Å²) < 4.78 is 8.16. The summed E-state index contributed by atoms with van der Waals surface area (Å²) in [7, 11) is 0. The molecular weight excluding hydrogens is 500 g/mol. The number of anilines is 1. The van der Waals surface area contributed by atoms with Crippen molar-refractivity contribution in [3.63, 3.8) is 0 Å². The normalized spacial score (nSPS) is 17.0. The van der Waals surface area contributed by atoms with E-state index in [4.69, 9.17) is 28.6 Å². The second-order valence-corrected chi connectivity index (χ2v) is 9.51. The molecule has 5 nitrogen and oxygen atoms in total. The summed E-state index contributed by atoms with van der Waals surface area (Å²) in [4.78, 5) is 6.81. The molecule has 37 heavy (non-hydrogen) atoms. The lowest BCUT2D eigenvalue weighted by Crippen LogP contribution is -2.30. The molecule has 182 valence electrons. The first-order valence-corrected chi connectivity index (χ1v) is 12.7. The summed E-state index contributed by atoms with van der Waals surface area (Å²) in [6, 6.07) is 35.4. The molecule has 0 aliphatic carbocycles. The summed E-state index contributed by atoms with van der Waals surface area (Å²) in [6.45, 7) is 0. The van der Waals surface area contributed by atoms with Crippen LogP contribution in [0.1, 0.15) is 23.5 Å². The SMILES string of the molecule is S=C1N[C@@H](c2ccccn2)[C@@H](c2cccn2-c2cccc(Cl)c2)N1c1ccc(Oc2ccccc2)cc1. The zero-order chi connectivity index (χ0) is 25.2. The van der Waals surface area contributed by atoms with Crippen LogP contribution in [0.25, 0.3) is 5.69 Å². The zero-order valence-electron chi connectivity index (χ0n) is 19.7. The van der Waals surface area contributed by atoms with Gasteiger partial charge in [-0.15, -0.1) is 0 Å². The molecule has 0 unspecified atom stereocenters. The van der Waals surface area contributed by atoms with Gasteiger partial charge in [0.25, 0.3) is 0 Å². The Labute approximate surface area is 225 Å². The Hall–Kier alpha value is -4.13. The van der Waals surface area contributed by atoms with Crippen LogP contribution >= 0.6 is 23.8 Å². The highest BCUT2D eigenvalue weighted by atomic mass is 35.5. The van der Waals surface area contributed by atoms with Gasteiger partial charge in [0.2, 0.25) is 0 Å². The van der Waals surface area contributed by atoms with Gasteiger partial charge in [0, 0.05) is 34.5 Å². The van der Waals surface area contributed by atoms with Crippen LogP contribution in [0.4, 0.5) is 5.69 Å². The average Bonchev–Trinajstić information content (AvgIpc) is 3.55. The number of nitrogens with one attached hydrogen (secondary N) is 1. The predicted octanol–water partition coefficient (Wildman–Crippen LogP) is 7.50. The Morgan fingerprint density at radius 3 is 2.32 bits per heavy atom. The Morgan fingerprint density at radius 1 is 0.784 bits per heavy atom. The van der Waals surface area contributed by atoms with E-state index in [2.05, 4.69) is 25.8 Å². The molecule has 0 bridgehead atoms. The molecule has 0 amide bonds. The Kier molecular flexibility index (Phi) is 6.35. The predicted molar refractivity (Wildman–Crippen MR) is 152 cm³/mol. The first-order valence-electron chi connectivity index (χ1n) is 11.9. The van der Waals surface area contributed by atoms with Crippen LogP contribution in [0.5, 0.6) is 11.5 Å². The molecular formula is C30H23ClN4OS. The monoisotopic (exact) mass is 522 g/mol. The molecule has 1 fully saturated rings. The maximum Gasteiger partial charge on any atom is 0.174 e. The Bertz CT molecular complexity index is 1520. The van der Waals surface area contributed by atoms with Crippen molar-refractivity contribution in [2.24, 2.45) is 0 Å². The molecule has 1 N–H and O–H groups in total. The van der Waals surface area contributed by atoms with Crippen LogP contribution in [0.3, 0.4) is 0 Å². The summed E-state index contributed by atoms with van der Waals surface area (Å²) in [5, 5.41) is 4.85. The fraction of sp³-hybridized carbons (Fsp3) is 0.0667. The van der Waals surface area contributed by atoms with E-state index in [1.807, 2.05) is 116 Å². The fourth-order valence-corrected chi connectivity index (χ4v) is 5.26. The number of rotatable bonds is 6. The van der Waals surface area contributed by atoms with Gasteiger partial charge in [-0.2, -0.15) is 0 Å². The first kappa shape index (κ1) is 23.3. The summed E-state index contributed by atoms with van der Waals surface area (Å²) in [6.07, 6.45) is 3.86. The van der Waals surface area contributed by atoms with Gasteiger partial charge in [-0.25, -0.2) is 0 Å². The number of nitrogens with zero attached hydrogens (tertiary/aromatic N) is 3. The Balaban J connectivity index is 1.41. The third-order valence-electron chi connectivity index (χ3n) is 6.36. The molecule has 2 atom stereocenters. The van der Waals surface area contributed by atoms with Crippen molar-refractivity contribution in [2.75, 3.05) is 4.90 Å². The number of thiocarbonyl (C=S) groups is 1. The minimum atomic E-state index is -0.155. The molecule has 1 saturated heterocycles. The number of para-hydroxylation sites is 1. The van der Waals surface area contributed by atoms with Crippen molar-refractivity contribution in [3.8, 4) is 17.2 Å². The van der Waals surface area contributed by atoms with E-state index < -0.39 is 0 Å². The first-order chi connectivity index (χ1) is 18.2. The van der Waals surface area contributed by atoms with Gasteiger partial charge >= 0.3 is 0 Å². The van der Waals surface area contributed by atoms with Gasteiger partial charge in [0.15, 0.2) is 5.11 Å². The maximum absolute atomic E-state index is 6.34. The lowest BCUT2D eigenvalue weighted by atomic mass is 10.0. The van der Waals surface area contributed by atoms with Gasteiger partial charge in [0.1, 0.15) is 17.5 Å². The lowest BCUT2D eigenvalue weighted by Gasteiger charge is -2.29. The van der Waals surface area contributed by atoms with Crippen molar-refractivity contribution in [1.82, 2.24) is 14.9 Å². The molecule has 6 rings (SSSR count). The highest BCUT2D eigenvalue weighted by Gasteiger charge is 2.42. The van der Waals surface area contributed by atoms with E-state index in [9.17, 15) is 0 Å². The smallest absolute Gasteiger partial charge is 0.174 e. The van der Waals surface area contributed by atoms with Gasteiger partial charge in [-0.1, -0.05) is 41.9 Å². The van der Waals surface area contributed by atoms with Crippen molar-refractivity contribution >= 4 is 34.6 Å². The standard InChI is InChI=1S/C30H23ClN4OS/c31-21-8-6-9-23(20-21)34-19-7-13-27(34)29-28(26-12-4-5-18-32-26)33-30(37)35(29)22-14-16-25(17-15-22)36-24-10-2-1-3-11-24/h1-20,28-29H,(H,33,37)/t28-,29+/m0/s1. The van der Waals surface area contributed by atoms with Gasteiger partial charge in [-0.3, -0.25) is 4.98 Å². The van der Waals surface area contributed by atoms with Crippen LogP contribution in [-0.4, -0.2) is 14.7 Å². The van der Waals surface area contributed by atoms with Crippen LogP contribution in [0, 0.1) is 0 Å². The number of halogens is 1. The van der Waals surface area contributed by atoms with Crippen LogP contribution in [-0.2, 0) is 0 Å². The summed E-state index contributed by atoms with van der Waals surface area (Å²) >= 11 is 12.2. The maximum atomic E-state index is 6.34. The quantitative estimate of drug-likeness (QED) is 0.234. The molecule has 0 saturated carbocycles. The molecule has 3 heterocycles. The molecule has 1 aliphatic rings. The average molecular weight is 523 g/mol. The molecule has 5 aromatic rings. The molecule has 0 radical (unpaired) electrons. The van der Waals surface area contributed by atoms with E-state index in [-0.39, 0.29) is 12.1 Å². The Morgan fingerprint density at radius 2 is 1.57 bits per heavy atom. The van der Waals surface area contributed by atoms with Crippen molar-refractivity contribution in [3.05, 3.63) is 138 Å². The minimum absolute atomic E-state index is 0.151. The van der Waals surface area contributed by atoms with Gasteiger partial charge < -0.3 is 19.5 Å². The van der Waals surface area contributed by atoms with Crippen LogP contribution in [0.2, 0.25) is 5.02 Å². The van der Waals surface area contributed by atoms with E-state index >= 15 is 0 Å². The van der Waals surface area contributed by atoms with Crippen molar-refractivity contribution in [1.29, 1.82) is 0 Å². The number of hydrogen-bond acceptors (Lipinski definition) is 3. The van der Waals surface area contributed by atoms with Crippen molar-refractivity contribution < 1.29 is 4.74 Å². The highest BCUT2D eigenvalue weighted by molar-refractivity contribution is 7.80. The van der Waals surface area contributed by atoms with E-state index in [1.165, 1.54) is 0 Å². The second-order valence-electron chi connectivity index (χ2n) is 8.69. The summed E-state index contributed by atoms with van der Waals surface area (Å²) in [5.41, 5.74) is 3.92. The second kappa shape index (κ2) is 10.1. The molecule has 7 heteroatoms.